The van der Waals surface area contributed by atoms with Gasteiger partial charge in [-0.05, 0) is 30.7 Å². The van der Waals surface area contributed by atoms with Gasteiger partial charge in [0, 0.05) is 18.3 Å². The van der Waals surface area contributed by atoms with Crippen LogP contribution in [0.3, 0.4) is 0 Å². The summed E-state index contributed by atoms with van der Waals surface area (Å²) in [5.41, 5.74) is 4.72. The highest BCUT2D eigenvalue weighted by molar-refractivity contribution is 5.66. The monoisotopic (exact) mass is 302 g/mol. The van der Waals surface area contributed by atoms with E-state index in [1.165, 1.54) is 10.6 Å². The minimum Gasteiger partial charge on any atom is -0.289 e. The lowest BCUT2D eigenvalue weighted by Gasteiger charge is -1.99. The molecule has 0 amide bonds. The van der Waals surface area contributed by atoms with E-state index in [1.807, 2.05) is 49.4 Å². The van der Waals surface area contributed by atoms with Crippen LogP contribution < -0.4 is 5.56 Å². The molecule has 0 fully saturated rings. The van der Waals surface area contributed by atoms with E-state index in [-0.39, 0.29) is 5.56 Å². The van der Waals surface area contributed by atoms with Crippen LogP contribution in [-0.2, 0) is 0 Å². The van der Waals surface area contributed by atoms with Crippen molar-refractivity contribution in [3.63, 3.8) is 0 Å². The Morgan fingerprint density at radius 2 is 1.91 bits per heavy atom. The molecule has 1 N–H and O–H groups in total. The molecule has 0 bridgehead atoms. The van der Waals surface area contributed by atoms with Crippen LogP contribution >= 0.6 is 0 Å². The van der Waals surface area contributed by atoms with Gasteiger partial charge in [0.25, 0.3) is 5.56 Å². The Bertz CT molecular complexity index is 1050. The topological polar surface area (TPSA) is 63.1 Å². The lowest BCUT2D eigenvalue weighted by molar-refractivity contribution is 0.903. The molecule has 5 heteroatoms. The minimum atomic E-state index is -0.158. The van der Waals surface area contributed by atoms with Crippen LogP contribution in [0.2, 0.25) is 0 Å². The molecule has 0 unspecified atom stereocenters. The molecular formula is C18H14N4O. The molecule has 0 aliphatic carbocycles. The van der Waals surface area contributed by atoms with E-state index in [9.17, 15) is 4.79 Å². The summed E-state index contributed by atoms with van der Waals surface area (Å²) in [4.78, 5) is 21.1. The van der Waals surface area contributed by atoms with Crippen LogP contribution in [0.4, 0.5) is 0 Å². The standard InChI is InChI=1S/C18H14N4O/c1-12-5-4-6-13(9-12)15-10-17-20-16(11-18(23)22(17)21-15)14-7-2-3-8-19-14/h2-11,21H,1H3. The average molecular weight is 302 g/mol. The van der Waals surface area contributed by atoms with Gasteiger partial charge in [-0.3, -0.25) is 14.9 Å². The summed E-state index contributed by atoms with van der Waals surface area (Å²) in [6.45, 7) is 2.04. The highest BCUT2D eigenvalue weighted by atomic mass is 16.1. The maximum atomic E-state index is 12.3. The van der Waals surface area contributed by atoms with Gasteiger partial charge in [-0.25, -0.2) is 9.50 Å². The fraction of sp³-hybridized carbons (Fsp3) is 0.0556. The number of rotatable bonds is 2. The van der Waals surface area contributed by atoms with Gasteiger partial charge >= 0.3 is 0 Å². The summed E-state index contributed by atoms with van der Waals surface area (Å²) >= 11 is 0. The van der Waals surface area contributed by atoms with Gasteiger partial charge in [0.1, 0.15) is 0 Å². The summed E-state index contributed by atoms with van der Waals surface area (Å²) in [5, 5.41) is 3.11. The smallest absolute Gasteiger partial charge is 0.273 e. The third-order valence-corrected chi connectivity index (χ3v) is 3.71. The predicted octanol–water partition coefficient (Wildman–Crippen LogP) is 3.06. The maximum Gasteiger partial charge on any atom is 0.273 e. The lowest BCUT2D eigenvalue weighted by atomic mass is 10.1. The molecule has 3 aromatic heterocycles. The highest BCUT2D eigenvalue weighted by Crippen LogP contribution is 2.20. The Kier molecular flexibility index (Phi) is 3.05. The Labute approximate surface area is 132 Å². The van der Waals surface area contributed by atoms with Gasteiger partial charge in [0.2, 0.25) is 0 Å². The SMILES string of the molecule is Cc1cccc(-c2cc3nc(-c4ccccn4)cc(=O)n3[nH]2)c1. The number of benzene rings is 1. The van der Waals surface area contributed by atoms with Gasteiger partial charge in [-0.1, -0.05) is 29.8 Å². The van der Waals surface area contributed by atoms with E-state index < -0.39 is 0 Å². The number of aromatic nitrogens is 4. The number of H-pyrrole nitrogens is 1. The number of aryl methyl sites for hydroxylation is 1. The number of fused-ring (bicyclic) bond motifs is 1. The Balaban J connectivity index is 1.89. The first-order chi connectivity index (χ1) is 11.2. The fourth-order valence-electron chi connectivity index (χ4n) is 2.60. The largest absolute Gasteiger partial charge is 0.289 e. The van der Waals surface area contributed by atoms with Crippen molar-refractivity contribution in [3.8, 4) is 22.6 Å². The fourth-order valence-corrected chi connectivity index (χ4v) is 2.60. The van der Waals surface area contributed by atoms with Gasteiger partial charge in [0.05, 0.1) is 17.1 Å². The van der Waals surface area contributed by atoms with Crippen LogP contribution in [0.25, 0.3) is 28.3 Å². The van der Waals surface area contributed by atoms with Crippen molar-refractivity contribution >= 4 is 5.65 Å². The molecule has 0 aliphatic rings. The summed E-state index contributed by atoms with van der Waals surface area (Å²) in [5.74, 6) is 0. The van der Waals surface area contributed by atoms with Crippen molar-refractivity contribution in [2.75, 3.05) is 0 Å². The van der Waals surface area contributed by atoms with E-state index in [2.05, 4.69) is 21.1 Å². The first kappa shape index (κ1) is 13.5. The molecule has 0 atom stereocenters. The summed E-state index contributed by atoms with van der Waals surface area (Å²) in [6, 6.07) is 17.0. The molecule has 0 spiro atoms. The second-order valence-corrected chi connectivity index (χ2v) is 5.43. The van der Waals surface area contributed by atoms with Gasteiger partial charge in [-0.15, -0.1) is 0 Å². The average Bonchev–Trinajstić information content (AvgIpc) is 3.00. The zero-order chi connectivity index (χ0) is 15.8. The van der Waals surface area contributed by atoms with Gasteiger partial charge in [-0.2, -0.15) is 0 Å². The minimum absolute atomic E-state index is 0.158. The number of pyridine rings is 1. The number of hydrogen-bond acceptors (Lipinski definition) is 3. The zero-order valence-electron chi connectivity index (χ0n) is 12.5. The molecule has 112 valence electrons. The van der Waals surface area contributed by atoms with Crippen molar-refractivity contribution in [2.45, 2.75) is 6.92 Å². The Hall–Kier alpha value is -3.21. The number of aromatic amines is 1. The molecular weight excluding hydrogens is 288 g/mol. The van der Waals surface area contributed by atoms with Crippen LogP contribution in [0, 0.1) is 6.92 Å². The molecule has 0 radical (unpaired) electrons. The van der Waals surface area contributed by atoms with E-state index in [4.69, 9.17) is 0 Å². The number of hydrogen-bond donors (Lipinski definition) is 1. The molecule has 0 saturated heterocycles. The van der Waals surface area contributed by atoms with Crippen LogP contribution in [0.5, 0.6) is 0 Å². The lowest BCUT2D eigenvalue weighted by Crippen LogP contribution is -2.14. The Morgan fingerprint density at radius 3 is 2.70 bits per heavy atom. The second kappa shape index (κ2) is 5.21. The van der Waals surface area contributed by atoms with Crippen LogP contribution in [-0.4, -0.2) is 19.6 Å². The van der Waals surface area contributed by atoms with Crippen molar-refractivity contribution in [3.05, 3.63) is 76.7 Å². The summed E-state index contributed by atoms with van der Waals surface area (Å²) < 4.78 is 1.45. The van der Waals surface area contributed by atoms with Crippen molar-refractivity contribution < 1.29 is 0 Å². The maximum absolute atomic E-state index is 12.3. The molecule has 5 nitrogen and oxygen atoms in total. The van der Waals surface area contributed by atoms with Crippen LogP contribution in [0.15, 0.2) is 65.6 Å². The first-order valence-corrected chi connectivity index (χ1v) is 7.32. The molecule has 0 saturated carbocycles. The van der Waals surface area contributed by atoms with Crippen molar-refractivity contribution in [2.24, 2.45) is 0 Å². The van der Waals surface area contributed by atoms with E-state index in [0.717, 1.165) is 16.8 Å². The second-order valence-electron chi connectivity index (χ2n) is 5.43. The zero-order valence-corrected chi connectivity index (χ0v) is 12.5. The van der Waals surface area contributed by atoms with Crippen molar-refractivity contribution in [1.82, 2.24) is 19.6 Å². The molecule has 4 rings (SSSR count). The van der Waals surface area contributed by atoms with E-state index in [0.29, 0.717) is 17.0 Å². The van der Waals surface area contributed by atoms with E-state index in [1.54, 1.807) is 6.20 Å². The van der Waals surface area contributed by atoms with Gasteiger partial charge < -0.3 is 0 Å². The number of nitrogens with zero attached hydrogens (tertiary/aromatic N) is 3. The molecule has 23 heavy (non-hydrogen) atoms. The normalized spacial score (nSPS) is 11.0. The third-order valence-electron chi connectivity index (χ3n) is 3.71. The molecule has 3 heterocycles. The quantitative estimate of drug-likeness (QED) is 0.619. The Morgan fingerprint density at radius 1 is 1.00 bits per heavy atom. The molecule has 4 aromatic rings. The highest BCUT2D eigenvalue weighted by Gasteiger charge is 2.09. The third kappa shape index (κ3) is 2.42. The van der Waals surface area contributed by atoms with Crippen molar-refractivity contribution in [1.29, 1.82) is 0 Å². The summed E-state index contributed by atoms with van der Waals surface area (Å²) in [6.07, 6.45) is 1.69. The first-order valence-electron chi connectivity index (χ1n) is 7.32. The molecule has 0 aliphatic heterocycles. The van der Waals surface area contributed by atoms with Crippen LogP contribution in [0.1, 0.15) is 5.56 Å². The predicted molar refractivity (Wildman–Crippen MR) is 89.2 cm³/mol. The summed E-state index contributed by atoms with van der Waals surface area (Å²) in [7, 11) is 0. The number of nitrogens with one attached hydrogen (secondary N) is 1. The van der Waals surface area contributed by atoms with E-state index >= 15 is 0 Å². The van der Waals surface area contributed by atoms with Gasteiger partial charge in [0.15, 0.2) is 5.65 Å². The molecule has 1 aromatic carbocycles.